The van der Waals surface area contributed by atoms with E-state index in [1.54, 1.807) is 50.2 Å². The van der Waals surface area contributed by atoms with Gasteiger partial charge in [-0.3, -0.25) is 0 Å². The lowest BCUT2D eigenvalue weighted by molar-refractivity contribution is 0.324. The smallest absolute Gasteiger partial charge is 0.253 e. The molecule has 0 spiro atoms. The Morgan fingerprint density at radius 3 is 2.10 bits per heavy atom. The average molecular weight is 408 g/mol. The van der Waals surface area contributed by atoms with Gasteiger partial charge in [0.15, 0.2) is 28.8 Å². The Bertz CT molecular complexity index is 1200. The van der Waals surface area contributed by atoms with Crippen molar-refractivity contribution in [3.8, 4) is 51.4 Å². The van der Waals surface area contributed by atoms with Crippen molar-refractivity contribution in [3.63, 3.8) is 0 Å². The van der Waals surface area contributed by atoms with E-state index < -0.39 is 0 Å². The number of phenols is 1. The van der Waals surface area contributed by atoms with E-state index >= 15 is 0 Å². The molecule has 1 N–H and O–H groups in total. The summed E-state index contributed by atoms with van der Waals surface area (Å²) in [6.45, 7) is 0. The quantitative estimate of drug-likeness (QED) is 0.519. The molecule has 0 fully saturated rings. The molecule has 4 aromatic rings. The summed E-state index contributed by atoms with van der Waals surface area (Å²) in [5.41, 5.74) is 2.15. The summed E-state index contributed by atoms with van der Waals surface area (Å²) in [5, 5.41) is 14.7. The van der Waals surface area contributed by atoms with E-state index in [1.165, 1.54) is 7.11 Å². The second kappa shape index (κ2) is 7.78. The van der Waals surface area contributed by atoms with Crippen LogP contribution in [0, 0.1) is 0 Å². The molecule has 0 atom stereocenters. The predicted molar refractivity (Wildman–Crippen MR) is 110 cm³/mol. The number of benzene rings is 2. The summed E-state index contributed by atoms with van der Waals surface area (Å²) in [6.07, 6.45) is 1.65. The van der Waals surface area contributed by atoms with E-state index in [0.717, 1.165) is 11.3 Å². The number of aromatic nitrogens is 4. The molecule has 0 aliphatic heterocycles. The molecule has 0 bridgehead atoms. The van der Waals surface area contributed by atoms with Crippen molar-refractivity contribution in [3.05, 3.63) is 42.6 Å². The Morgan fingerprint density at radius 2 is 1.50 bits per heavy atom. The molecule has 0 aliphatic rings. The molecule has 154 valence electrons. The second-order valence-electron chi connectivity index (χ2n) is 6.28. The molecule has 2 aromatic heterocycles. The van der Waals surface area contributed by atoms with Gasteiger partial charge < -0.3 is 24.1 Å². The van der Waals surface area contributed by atoms with Crippen molar-refractivity contribution in [2.75, 3.05) is 28.4 Å². The fourth-order valence-corrected chi connectivity index (χ4v) is 3.19. The maximum Gasteiger partial charge on any atom is 0.253 e. The van der Waals surface area contributed by atoms with Crippen LogP contribution in [0.5, 0.6) is 28.7 Å². The normalized spacial score (nSPS) is 10.8. The van der Waals surface area contributed by atoms with Gasteiger partial charge in [0, 0.05) is 17.3 Å². The fraction of sp³-hybridized carbons (Fsp3) is 0.190. The van der Waals surface area contributed by atoms with Crippen LogP contribution in [0.3, 0.4) is 0 Å². The number of nitrogens with zero attached hydrogens (tertiary/aromatic N) is 4. The molecule has 0 aliphatic carbocycles. The standard InChI is InChI=1S/C21H20N4O5/c1-27-16-6-5-12(9-15(16)26)20-23-21-22-8-7-14(25(21)24-20)13-10-17(28-2)19(30-4)18(11-13)29-3/h5-11,26H,1-4H3. The topological polar surface area (TPSA) is 100 Å². The lowest BCUT2D eigenvalue weighted by Crippen LogP contribution is -1.99. The molecule has 0 radical (unpaired) electrons. The van der Waals surface area contributed by atoms with Crippen molar-refractivity contribution >= 4 is 5.78 Å². The minimum absolute atomic E-state index is 0.00617. The van der Waals surface area contributed by atoms with Gasteiger partial charge in [-0.25, -0.2) is 4.98 Å². The third-order valence-corrected chi connectivity index (χ3v) is 4.64. The lowest BCUT2D eigenvalue weighted by Gasteiger charge is -2.14. The first-order valence-electron chi connectivity index (χ1n) is 8.99. The SMILES string of the molecule is COc1ccc(-c2nc3nccc(-c4cc(OC)c(OC)c(OC)c4)n3n2)cc1O. The van der Waals surface area contributed by atoms with E-state index in [4.69, 9.17) is 18.9 Å². The Balaban J connectivity index is 1.87. The number of methoxy groups -OCH3 is 4. The molecule has 0 saturated heterocycles. The molecule has 0 unspecified atom stereocenters. The van der Waals surface area contributed by atoms with E-state index in [2.05, 4.69) is 15.1 Å². The fourth-order valence-electron chi connectivity index (χ4n) is 3.19. The van der Waals surface area contributed by atoms with Crippen molar-refractivity contribution < 1.29 is 24.1 Å². The van der Waals surface area contributed by atoms with Gasteiger partial charge in [-0.2, -0.15) is 9.50 Å². The largest absolute Gasteiger partial charge is 0.504 e. The van der Waals surface area contributed by atoms with Crippen molar-refractivity contribution in [1.29, 1.82) is 0 Å². The molecule has 9 heteroatoms. The number of hydrogen-bond donors (Lipinski definition) is 1. The maximum atomic E-state index is 10.1. The molecule has 30 heavy (non-hydrogen) atoms. The first kappa shape index (κ1) is 19.3. The zero-order valence-corrected chi connectivity index (χ0v) is 16.9. The van der Waals surface area contributed by atoms with Crippen LogP contribution in [-0.4, -0.2) is 53.1 Å². The van der Waals surface area contributed by atoms with E-state index in [1.807, 2.05) is 18.2 Å². The second-order valence-corrected chi connectivity index (χ2v) is 6.28. The number of fused-ring (bicyclic) bond motifs is 1. The first-order valence-corrected chi connectivity index (χ1v) is 8.99. The van der Waals surface area contributed by atoms with Crippen LogP contribution in [0.15, 0.2) is 42.6 Å². The van der Waals surface area contributed by atoms with E-state index in [9.17, 15) is 5.11 Å². The first-order chi connectivity index (χ1) is 14.6. The molecular formula is C21H20N4O5. The average Bonchev–Trinajstić information content (AvgIpc) is 3.22. The number of aromatic hydroxyl groups is 1. The number of phenolic OH excluding ortho intramolecular Hbond substituents is 1. The van der Waals surface area contributed by atoms with Crippen molar-refractivity contribution in [2.45, 2.75) is 0 Å². The van der Waals surface area contributed by atoms with Gasteiger partial charge in [-0.15, -0.1) is 5.10 Å². The molecule has 0 saturated carbocycles. The van der Waals surface area contributed by atoms with Gasteiger partial charge in [0.25, 0.3) is 5.78 Å². The van der Waals surface area contributed by atoms with E-state index in [-0.39, 0.29) is 5.75 Å². The van der Waals surface area contributed by atoms with Gasteiger partial charge in [-0.05, 0) is 36.4 Å². The monoisotopic (exact) mass is 408 g/mol. The lowest BCUT2D eigenvalue weighted by atomic mass is 10.1. The Kier molecular flexibility index (Phi) is 5.01. The molecule has 2 aromatic carbocycles. The highest BCUT2D eigenvalue weighted by atomic mass is 16.5. The highest BCUT2D eigenvalue weighted by molar-refractivity contribution is 5.70. The van der Waals surface area contributed by atoms with Crippen LogP contribution in [0.1, 0.15) is 0 Å². The molecule has 0 amide bonds. The van der Waals surface area contributed by atoms with Crippen LogP contribution in [0.4, 0.5) is 0 Å². The van der Waals surface area contributed by atoms with Crippen molar-refractivity contribution in [1.82, 2.24) is 19.6 Å². The van der Waals surface area contributed by atoms with Gasteiger partial charge >= 0.3 is 0 Å². The molecule has 9 nitrogen and oxygen atoms in total. The summed E-state index contributed by atoms with van der Waals surface area (Å²) in [6, 6.07) is 10.5. The van der Waals surface area contributed by atoms with Crippen LogP contribution in [0.25, 0.3) is 28.4 Å². The third-order valence-electron chi connectivity index (χ3n) is 4.64. The zero-order chi connectivity index (χ0) is 21.3. The van der Waals surface area contributed by atoms with Gasteiger partial charge in [0.2, 0.25) is 5.75 Å². The highest BCUT2D eigenvalue weighted by Gasteiger charge is 2.18. The van der Waals surface area contributed by atoms with Gasteiger partial charge in [0.1, 0.15) is 0 Å². The molecule has 2 heterocycles. The summed E-state index contributed by atoms with van der Waals surface area (Å²) in [7, 11) is 6.17. The van der Waals surface area contributed by atoms with Gasteiger partial charge in [0.05, 0.1) is 34.1 Å². The van der Waals surface area contributed by atoms with Gasteiger partial charge in [-0.1, -0.05) is 0 Å². The van der Waals surface area contributed by atoms with Crippen LogP contribution < -0.4 is 18.9 Å². The van der Waals surface area contributed by atoms with Crippen LogP contribution in [-0.2, 0) is 0 Å². The Morgan fingerprint density at radius 1 is 0.800 bits per heavy atom. The summed E-state index contributed by atoms with van der Waals surface area (Å²) in [5.74, 6) is 2.76. The maximum absolute atomic E-state index is 10.1. The summed E-state index contributed by atoms with van der Waals surface area (Å²) in [4.78, 5) is 8.79. The number of hydrogen-bond acceptors (Lipinski definition) is 8. The summed E-state index contributed by atoms with van der Waals surface area (Å²) < 4.78 is 23.0. The Hall–Kier alpha value is -4.01. The third kappa shape index (κ3) is 3.20. The minimum atomic E-state index is 0.00617. The zero-order valence-electron chi connectivity index (χ0n) is 16.9. The van der Waals surface area contributed by atoms with Crippen LogP contribution in [0.2, 0.25) is 0 Å². The Labute approximate surface area is 172 Å². The highest BCUT2D eigenvalue weighted by Crippen LogP contribution is 2.41. The number of ether oxygens (including phenoxy) is 4. The van der Waals surface area contributed by atoms with Crippen LogP contribution >= 0.6 is 0 Å². The molecular weight excluding hydrogens is 388 g/mol. The number of rotatable bonds is 6. The molecule has 4 rings (SSSR count). The van der Waals surface area contributed by atoms with E-state index in [0.29, 0.717) is 40.2 Å². The van der Waals surface area contributed by atoms with Crippen molar-refractivity contribution in [2.24, 2.45) is 0 Å². The summed E-state index contributed by atoms with van der Waals surface area (Å²) >= 11 is 0. The minimum Gasteiger partial charge on any atom is -0.504 e. The predicted octanol–water partition coefficient (Wildman–Crippen LogP) is 3.20.